The quantitative estimate of drug-likeness (QED) is 0.913. The molecule has 2 unspecified atom stereocenters. The van der Waals surface area contributed by atoms with Gasteiger partial charge in [-0.1, -0.05) is 35.9 Å². The summed E-state index contributed by atoms with van der Waals surface area (Å²) in [6, 6.07) is 14.8. The standard InChI is InChI=1S/C19H23N3O/c1-12-7-8-16(13(2)9-12)18-11-17(21-19(20)22-18)14-5-4-6-15(10-14)23-3/h4-10,17-18H,11H2,1-3H3,(H3,20,21,22). The van der Waals surface area contributed by atoms with Gasteiger partial charge in [0.25, 0.3) is 0 Å². The van der Waals surface area contributed by atoms with Crippen LogP contribution in [0.25, 0.3) is 0 Å². The molecule has 2 atom stereocenters. The number of guanidine groups is 1. The Hall–Kier alpha value is -2.49. The third kappa shape index (κ3) is 3.31. The van der Waals surface area contributed by atoms with E-state index < -0.39 is 0 Å². The molecule has 0 aromatic heterocycles. The van der Waals surface area contributed by atoms with Crippen molar-refractivity contribution in [1.82, 2.24) is 5.32 Å². The Morgan fingerprint density at radius 2 is 2.00 bits per heavy atom. The fourth-order valence-corrected chi connectivity index (χ4v) is 3.20. The number of nitrogens with zero attached hydrogens (tertiary/aromatic N) is 1. The van der Waals surface area contributed by atoms with Gasteiger partial charge in [0, 0.05) is 0 Å². The lowest BCUT2D eigenvalue weighted by Crippen LogP contribution is -2.39. The van der Waals surface area contributed by atoms with Crippen molar-refractivity contribution in [3.05, 3.63) is 64.7 Å². The number of aliphatic imine (C=N–C) groups is 1. The highest BCUT2D eigenvalue weighted by molar-refractivity contribution is 5.79. The highest BCUT2D eigenvalue weighted by Crippen LogP contribution is 2.34. The van der Waals surface area contributed by atoms with Crippen molar-refractivity contribution < 1.29 is 4.74 Å². The Labute approximate surface area is 137 Å². The Bertz CT molecular complexity index is 739. The van der Waals surface area contributed by atoms with Crippen molar-refractivity contribution in [3.8, 4) is 5.75 Å². The van der Waals surface area contributed by atoms with Crippen LogP contribution in [0.3, 0.4) is 0 Å². The number of aryl methyl sites for hydroxylation is 2. The van der Waals surface area contributed by atoms with Gasteiger partial charge in [-0.25, -0.2) is 4.99 Å². The Morgan fingerprint density at radius 3 is 2.74 bits per heavy atom. The minimum atomic E-state index is 0.0389. The van der Waals surface area contributed by atoms with Gasteiger partial charge in [-0.3, -0.25) is 0 Å². The van der Waals surface area contributed by atoms with Crippen LogP contribution in [0.1, 0.15) is 40.8 Å². The second kappa shape index (κ2) is 6.32. The first-order chi connectivity index (χ1) is 11.1. The molecule has 0 spiro atoms. The average Bonchev–Trinajstić information content (AvgIpc) is 2.54. The van der Waals surface area contributed by atoms with Gasteiger partial charge in [0.15, 0.2) is 5.96 Å². The van der Waals surface area contributed by atoms with E-state index in [9.17, 15) is 0 Å². The number of nitrogens with one attached hydrogen (secondary N) is 1. The minimum Gasteiger partial charge on any atom is -0.497 e. The van der Waals surface area contributed by atoms with E-state index in [0.29, 0.717) is 5.96 Å². The number of ether oxygens (including phenoxy) is 1. The first kappa shape index (κ1) is 15.4. The van der Waals surface area contributed by atoms with Crippen molar-refractivity contribution in [2.24, 2.45) is 10.7 Å². The SMILES string of the molecule is COc1cccc(C2CC(c3ccc(C)cc3C)NC(N)=N2)c1. The van der Waals surface area contributed by atoms with Crippen LogP contribution in [0.15, 0.2) is 47.5 Å². The summed E-state index contributed by atoms with van der Waals surface area (Å²) in [6.45, 7) is 4.26. The van der Waals surface area contributed by atoms with Crippen LogP contribution < -0.4 is 15.8 Å². The van der Waals surface area contributed by atoms with E-state index in [-0.39, 0.29) is 12.1 Å². The number of hydrogen-bond donors (Lipinski definition) is 2. The fraction of sp³-hybridized carbons (Fsp3) is 0.316. The number of rotatable bonds is 3. The van der Waals surface area contributed by atoms with E-state index in [2.05, 4.69) is 48.4 Å². The molecule has 0 amide bonds. The largest absolute Gasteiger partial charge is 0.497 e. The summed E-state index contributed by atoms with van der Waals surface area (Å²) in [5.41, 5.74) is 11.0. The smallest absolute Gasteiger partial charge is 0.189 e. The van der Waals surface area contributed by atoms with Crippen molar-refractivity contribution in [2.75, 3.05) is 7.11 Å². The first-order valence-electron chi connectivity index (χ1n) is 7.87. The molecule has 0 saturated carbocycles. The van der Waals surface area contributed by atoms with Gasteiger partial charge in [0.2, 0.25) is 0 Å². The van der Waals surface area contributed by atoms with Crippen LogP contribution in [-0.2, 0) is 0 Å². The van der Waals surface area contributed by atoms with E-state index >= 15 is 0 Å². The molecule has 0 aliphatic carbocycles. The molecule has 3 N–H and O–H groups in total. The molecule has 2 aromatic rings. The van der Waals surface area contributed by atoms with Gasteiger partial charge in [-0.2, -0.15) is 0 Å². The topological polar surface area (TPSA) is 59.6 Å². The summed E-state index contributed by atoms with van der Waals surface area (Å²) in [5, 5.41) is 3.32. The molecule has 0 radical (unpaired) electrons. The van der Waals surface area contributed by atoms with Crippen molar-refractivity contribution in [3.63, 3.8) is 0 Å². The molecule has 120 valence electrons. The van der Waals surface area contributed by atoms with E-state index in [1.54, 1.807) is 7.11 Å². The lowest BCUT2D eigenvalue weighted by Gasteiger charge is -2.30. The van der Waals surface area contributed by atoms with Crippen LogP contribution >= 0.6 is 0 Å². The molecule has 0 fully saturated rings. The Morgan fingerprint density at radius 1 is 1.17 bits per heavy atom. The number of nitrogens with two attached hydrogens (primary N) is 1. The lowest BCUT2D eigenvalue weighted by atomic mass is 9.91. The molecule has 1 aliphatic rings. The second-order valence-corrected chi connectivity index (χ2v) is 6.10. The summed E-state index contributed by atoms with van der Waals surface area (Å²) < 4.78 is 5.32. The highest BCUT2D eigenvalue weighted by atomic mass is 16.5. The van der Waals surface area contributed by atoms with Crippen LogP contribution in [0.5, 0.6) is 5.75 Å². The minimum absolute atomic E-state index is 0.0389. The zero-order chi connectivity index (χ0) is 16.4. The van der Waals surface area contributed by atoms with Crippen LogP contribution in [0.4, 0.5) is 0 Å². The Balaban J connectivity index is 1.90. The summed E-state index contributed by atoms with van der Waals surface area (Å²) in [4.78, 5) is 4.58. The zero-order valence-electron chi connectivity index (χ0n) is 13.8. The molecule has 2 aromatic carbocycles. The molecule has 3 rings (SSSR count). The van der Waals surface area contributed by atoms with Crippen LogP contribution in [-0.4, -0.2) is 13.1 Å². The Kier molecular flexibility index (Phi) is 4.24. The van der Waals surface area contributed by atoms with Crippen LogP contribution in [0.2, 0.25) is 0 Å². The summed E-state index contributed by atoms with van der Waals surface area (Å²) in [7, 11) is 1.68. The van der Waals surface area contributed by atoms with Gasteiger partial charge in [-0.15, -0.1) is 0 Å². The predicted molar refractivity (Wildman–Crippen MR) is 93.8 cm³/mol. The summed E-state index contributed by atoms with van der Waals surface area (Å²) in [6.07, 6.45) is 0.873. The number of hydrogen-bond acceptors (Lipinski definition) is 4. The molecule has 0 bridgehead atoms. The fourth-order valence-electron chi connectivity index (χ4n) is 3.20. The maximum absolute atomic E-state index is 6.05. The second-order valence-electron chi connectivity index (χ2n) is 6.10. The summed E-state index contributed by atoms with van der Waals surface area (Å²) in [5.74, 6) is 1.34. The van der Waals surface area contributed by atoms with Gasteiger partial charge in [0.05, 0.1) is 19.2 Å². The normalized spacial score (nSPS) is 20.6. The third-order valence-corrected chi connectivity index (χ3v) is 4.36. The van der Waals surface area contributed by atoms with Gasteiger partial charge in [-0.05, 0) is 49.1 Å². The van der Waals surface area contributed by atoms with E-state index in [4.69, 9.17) is 10.5 Å². The molecule has 1 heterocycles. The molecular weight excluding hydrogens is 286 g/mol. The van der Waals surface area contributed by atoms with E-state index in [1.165, 1.54) is 16.7 Å². The maximum atomic E-state index is 6.05. The molecule has 23 heavy (non-hydrogen) atoms. The third-order valence-electron chi connectivity index (χ3n) is 4.36. The number of benzene rings is 2. The molecule has 0 saturated heterocycles. The van der Waals surface area contributed by atoms with Gasteiger partial charge >= 0.3 is 0 Å². The summed E-state index contributed by atoms with van der Waals surface area (Å²) >= 11 is 0. The van der Waals surface area contributed by atoms with E-state index in [0.717, 1.165) is 17.7 Å². The molecule has 4 heteroatoms. The molecular formula is C19H23N3O. The average molecular weight is 309 g/mol. The monoisotopic (exact) mass is 309 g/mol. The van der Waals surface area contributed by atoms with Crippen molar-refractivity contribution in [2.45, 2.75) is 32.4 Å². The van der Waals surface area contributed by atoms with Crippen molar-refractivity contribution in [1.29, 1.82) is 0 Å². The lowest BCUT2D eigenvalue weighted by molar-refractivity contribution is 0.412. The van der Waals surface area contributed by atoms with E-state index in [1.807, 2.05) is 18.2 Å². The van der Waals surface area contributed by atoms with Gasteiger partial charge < -0.3 is 15.8 Å². The van der Waals surface area contributed by atoms with Crippen LogP contribution in [0, 0.1) is 13.8 Å². The van der Waals surface area contributed by atoms with Crippen molar-refractivity contribution >= 4 is 5.96 Å². The van der Waals surface area contributed by atoms with Gasteiger partial charge in [0.1, 0.15) is 5.75 Å². The number of methoxy groups -OCH3 is 1. The predicted octanol–water partition coefficient (Wildman–Crippen LogP) is 3.40. The maximum Gasteiger partial charge on any atom is 0.189 e. The highest BCUT2D eigenvalue weighted by Gasteiger charge is 2.25. The zero-order valence-corrected chi connectivity index (χ0v) is 13.8. The molecule has 4 nitrogen and oxygen atoms in total. The molecule has 1 aliphatic heterocycles. The first-order valence-corrected chi connectivity index (χ1v) is 7.87.